The van der Waals surface area contributed by atoms with Crippen LogP contribution in [0.3, 0.4) is 0 Å². The predicted molar refractivity (Wildman–Crippen MR) is 64.6 cm³/mol. The van der Waals surface area contributed by atoms with Crippen LogP contribution in [-0.2, 0) is 10.1 Å². The molecule has 4 N–H and O–H groups in total. The van der Waals surface area contributed by atoms with Crippen molar-refractivity contribution in [3.8, 4) is 5.75 Å². The first-order chi connectivity index (χ1) is 7.80. The predicted octanol–water partition coefficient (Wildman–Crippen LogP) is 1.68. The Kier molecular flexibility index (Phi) is 2.48. The lowest BCUT2D eigenvalue weighted by Gasteiger charge is -2.08. The second kappa shape index (κ2) is 3.61. The Morgan fingerprint density at radius 1 is 1.24 bits per heavy atom. The third-order valence-electron chi connectivity index (χ3n) is 2.59. The Morgan fingerprint density at radius 3 is 2.47 bits per heavy atom. The van der Waals surface area contributed by atoms with Gasteiger partial charge in [-0.05, 0) is 30.0 Å². The molecule has 0 saturated carbocycles. The van der Waals surface area contributed by atoms with E-state index < -0.39 is 10.1 Å². The molecule has 0 aliphatic rings. The van der Waals surface area contributed by atoms with E-state index in [4.69, 9.17) is 10.3 Å². The van der Waals surface area contributed by atoms with Gasteiger partial charge in [-0.3, -0.25) is 4.55 Å². The molecule has 0 atom stereocenters. The van der Waals surface area contributed by atoms with Crippen LogP contribution in [0.1, 0.15) is 5.56 Å². The number of hydrogen-bond donors (Lipinski definition) is 3. The van der Waals surface area contributed by atoms with Gasteiger partial charge < -0.3 is 10.8 Å². The van der Waals surface area contributed by atoms with Crippen LogP contribution in [0.4, 0.5) is 5.69 Å². The highest BCUT2D eigenvalue weighted by atomic mass is 32.2. The number of fused-ring (bicyclic) bond motifs is 1. The van der Waals surface area contributed by atoms with Crippen molar-refractivity contribution in [1.82, 2.24) is 0 Å². The number of aryl methyl sites for hydroxylation is 1. The third kappa shape index (κ3) is 1.92. The standard InChI is InChI=1S/C11H11NO4S/c1-6-2-3-7-4-8(17(14,15)16)5-9(12)10(7)11(6)13/h2-5,13H,12H2,1H3,(H,14,15,16). The van der Waals surface area contributed by atoms with Crippen LogP contribution in [0.25, 0.3) is 10.8 Å². The number of phenolic OH excluding ortho intramolecular Hbond substituents is 1. The van der Waals surface area contributed by atoms with Crippen molar-refractivity contribution < 1.29 is 18.1 Å². The summed E-state index contributed by atoms with van der Waals surface area (Å²) in [6, 6.07) is 5.66. The number of anilines is 1. The van der Waals surface area contributed by atoms with Gasteiger partial charge >= 0.3 is 0 Å². The largest absolute Gasteiger partial charge is 0.507 e. The van der Waals surface area contributed by atoms with E-state index in [1.807, 2.05) is 0 Å². The average Bonchev–Trinajstić information content (AvgIpc) is 2.21. The van der Waals surface area contributed by atoms with Crippen LogP contribution >= 0.6 is 0 Å². The first-order valence-electron chi connectivity index (χ1n) is 4.80. The first kappa shape index (κ1) is 11.7. The van der Waals surface area contributed by atoms with Crippen LogP contribution in [0.5, 0.6) is 5.75 Å². The van der Waals surface area contributed by atoms with Gasteiger partial charge in [-0.25, -0.2) is 0 Å². The number of phenols is 1. The minimum absolute atomic E-state index is 0.0156. The maximum absolute atomic E-state index is 11.0. The number of hydrogen-bond acceptors (Lipinski definition) is 4. The van der Waals surface area contributed by atoms with Crippen LogP contribution in [0, 0.1) is 6.92 Å². The second-order valence-corrected chi connectivity index (χ2v) is 5.24. The fourth-order valence-corrected chi connectivity index (χ4v) is 2.26. The zero-order chi connectivity index (χ0) is 12.8. The zero-order valence-corrected chi connectivity index (χ0v) is 9.82. The fraction of sp³-hybridized carbons (Fsp3) is 0.0909. The number of rotatable bonds is 1. The highest BCUT2D eigenvalue weighted by molar-refractivity contribution is 7.85. The molecular formula is C11H11NO4S. The van der Waals surface area contributed by atoms with E-state index in [-0.39, 0.29) is 16.3 Å². The maximum atomic E-state index is 11.0. The van der Waals surface area contributed by atoms with Crippen LogP contribution < -0.4 is 5.73 Å². The van der Waals surface area contributed by atoms with Gasteiger partial charge in [-0.1, -0.05) is 12.1 Å². The Hall–Kier alpha value is -1.79. The van der Waals surface area contributed by atoms with Gasteiger partial charge in [0.2, 0.25) is 0 Å². The summed E-state index contributed by atoms with van der Waals surface area (Å²) >= 11 is 0. The molecule has 6 heteroatoms. The zero-order valence-electron chi connectivity index (χ0n) is 9.01. The molecule has 0 saturated heterocycles. The smallest absolute Gasteiger partial charge is 0.294 e. The first-order valence-corrected chi connectivity index (χ1v) is 6.24. The van der Waals surface area contributed by atoms with Crippen molar-refractivity contribution in [2.75, 3.05) is 5.73 Å². The number of aromatic hydroxyl groups is 1. The van der Waals surface area contributed by atoms with E-state index in [1.165, 1.54) is 6.07 Å². The van der Waals surface area contributed by atoms with E-state index in [1.54, 1.807) is 19.1 Å². The normalized spacial score (nSPS) is 11.9. The van der Waals surface area contributed by atoms with Gasteiger partial charge in [0, 0.05) is 11.1 Å². The second-order valence-electron chi connectivity index (χ2n) is 3.82. The van der Waals surface area contributed by atoms with Gasteiger partial charge in [0.15, 0.2) is 0 Å². The average molecular weight is 253 g/mol. The Labute approximate surface area is 98.2 Å². The minimum Gasteiger partial charge on any atom is -0.507 e. The van der Waals surface area contributed by atoms with Crippen molar-refractivity contribution in [3.05, 3.63) is 29.8 Å². The number of benzene rings is 2. The molecule has 0 unspecified atom stereocenters. The summed E-state index contributed by atoms with van der Waals surface area (Å²) in [6.07, 6.45) is 0. The third-order valence-corrected chi connectivity index (χ3v) is 3.43. The fourth-order valence-electron chi connectivity index (χ4n) is 1.70. The molecule has 0 aliphatic carbocycles. The van der Waals surface area contributed by atoms with Crippen molar-refractivity contribution in [2.45, 2.75) is 11.8 Å². The quantitative estimate of drug-likeness (QED) is 0.530. The molecule has 0 fully saturated rings. The summed E-state index contributed by atoms with van der Waals surface area (Å²) in [5.74, 6) is 0.0156. The van der Waals surface area contributed by atoms with Gasteiger partial charge in [0.25, 0.3) is 10.1 Å². The molecule has 5 nitrogen and oxygen atoms in total. The Balaban J connectivity index is 2.91. The lowest BCUT2D eigenvalue weighted by Crippen LogP contribution is -2.00. The molecule has 0 radical (unpaired) electrons. The number of nitrogen functional groups attached to an aromatic ring is 1. The molecule has 0 spiro atoms. The topological polar surface area (TPSA) is 101 Å². The van der Waals surface area contributed by atoms with E-state index >= 15 is 0 Å². The monoisotopic (exact) mass is 253 g/mol. The summed E-state index contributed by atoms with van der Waals surface area (Å²) in [5, 5.41) is 10.7. The SMILES string of the molecule is Cc1ccc2cc(S(=O)(=O)O)cc(N)c2c1O. The maximum Gasteiger partial charge on any atom is 0.294 e. The van der Waals surface area contributed by atoms with E-state index in [0.717, 1.165) is 6.07 Å². The van der Waals surface area contributed by atoms with Crippen LogP contribution in [0.15, 0.2) is 29.2 Å². The van der Waals surface area contributed by atoms with Gasteiger partial charge in [-0.2, -0.15) is 8.42 Å². The molecule has 2 aromatic rings. The highest BCUT2D eigenvalue weighted by Crippen LogP contribution is 2.34. The lowest BCUT2D eigenvalue weighted by atomic mass is 10.0. The van der Waals surface area contributed by atoms with E-state index in [2.05, 4.69) is 0 Å². The molecule has 0 amide bonds. The number of nitrogens with two attached hydrogens (primary N) is 1. The van der Waals surface area contributed by atoms with Crippen LogP contribution in [-0.4, -0.2) is 18.1 Å². The summed E-state index contributed by atoms with van der Waals surface area (Å²) in [6.45, 7) is 1.71. The van der Waals surface area contributed by atoms with Gasteiger partial charge in [0.1, 0.15) is 5.75 Å². The molecular weight excluding hydrogens is 242 g/mol. The minimum atomic E-state index is -4.30. The summed E-state index contributed by atoms with van der Waals surface area (Å²) in [4.78, 5) is -0.286. The molecule has 0 aliphatic heterocycles. The van der Waals surface area contributed by atoms with Crippen LogP contribution in [0.2, 0.25) is 0 Å². The lowest BCUT2D eigenvalue weighted by molar-refractivity contribution is 0.477. The summed E-state index contributed by atoms with van der Waals surface area (Å²) < 4.78 is 31.0. The van der Waals surface area contributed by atoms with Crippen molar-refractivity contribution in [2.24, 2.45) is 0 Å². The van der Waals surface area contributed by atoms with Crippen molar-refractivity contribution in [1.29, 1.82) is 0 Å². The highest BCUT2D eigenvalue weighted by Gasteiger charge is 2.14. The van der Waals surface area contributed by atoms with Gasteiger partial charge in [0.05, 0.1) is 4.90 Å². The molecule has 2 rings (SSSR count). The molecule has 17 heavy (non-hydrogen) atoms. The Bertz CT molecular complexity index is 707. The summed E-state index contributed by atoms with van der Waals surface area (Å²) in [5.41, 5.74) is 6.44. The molecule has 0 aromatic heterocycles. The summed E-state index contributed by atoms with van der Waals surface area (Å²) in [7, 11) is -4.30. The van der Waals surface area contributed by atoms with E-state index in [9.17, 15) is 13.5 Å². The molecule has 0 heterocycles. The molecule has 90 valence electrons. The molecule has 2 aromatic carbocycles. The van der Waals surface area contributed by atoms with Crippen molar-refractivity contribution in [3.63, 3.8) is 0 Å². The Morgan fingerprint density at radius 2 is 1.88 bits per heavy atom. The van der Waals surface area contributed by atoms with Crippen molar-refractivity contribution >= 4 is 26.6 Å². The molecule has 0 bridgehead atoms. The van der Waals surface area contributed by atoms with Gasteiger partial charge in [-0.15, -0.1) is 0 Å². The van der Waals surface area contributed by atoms with E-state index in [0.29, 0.717) is 16.3 Å².